The van der Waals surface area contributed by atoms with Crippen molar-refractivity contribution in [3.05, 3.63) is 18.4 Å². The Morgan fingerprint density at radius 2 is 2.17 bits per heavy atom. The number of thioether (sulfide) groups is 1. The summed E-state index contributed by atoms with van der Waals surface area (Å²) in [6.07, 6.45) is 2.35. The normalized spacial score (nSPS) is 10.7. The van der Waals surface area contributed by atoms with Crippen LogP contribution < -0.4 is 10.6 Å². The van der Waals surface area contributed by atoms with Crippen molar-refractivity contribution < 1.29 is 18.4 Å². The van der Waals surface area contributed by atoms with Gasteiger partial charge < -0.3 is 14.2 Å². The predicted molar refractivity (Wildman–Crippen MR) is 83.7 cm³/mol. The second-order valence-corrected chi connectivity index (χ2v) is 6.05. The summed E-state index contributed by atoms with van der Waals surface area (Å²) < 4.78 is 10.5. The molecule has 8 nitrogen and oxygen atoms in total. The first-order valence-electron chi connectivity index (χ1n) is 7.12. The zero-order chi connectivity index (χ0) is 16.7. The van der Waals surface area contributed by atoms with Crippen LogP contribution in [0.3, 0.4) is 0 Å². The highest BCUT2D eigenvalue weighted by atomic mass is 32.2. The van der Waals surface area contributed by atoms with Gasteiger partial charge in [-0.1, -0.05) is 25.6 Å². The lowest BCUT2D eigenvalue weighted by Crippen LogP contribution is -2.40. The highest BCUT2D eigenvalue weighted by Crippen LogP contribution is 2.22. The monoisotopic (exact) mass is 338 g/mol. The molecule has 0 fully saturated rings. The number of rotatable bonds is 7. The molecule has 23 heavy (non-hydrogen) atoms. The van der Waals surface area contributed by atoms with E-state index in [2.05, 4.69) is 34.7 Å². The molecule has 2 aromatic heterocycles. The summed E-state index contributed by atoms with van der Waals surface area (Å²) in [7, 11) is 0. The lowest BCUT2D eigenvalue weighted by atomic mass is 10.1. The SMILES string of the molecule is CC(C)CCNC(=O)NC(=O)CSc1nnc(-c2ccco2)o1. The number of urea groups is 1. The van der Waals surface area contributed by atoms with Crippen molar-refractivity contribution in [3.63, 3.8) is 0 Å². The summed E-state index contributed by atoms with van der Waals surface area (Å²) in [5, 5.41) is 12.7. The Hall–Kier alpha value is -2.29. The second kappa shape index (κ2) is 8.37. The number of amides is 3. The van der Waals surface area contributed by atoms with E-state index < -0.39 is 11.9 Å². The van der Waals surface area contributed by atoms with E-state index >= 15 is 0 Å². The summed E-state index contributed by atoms with van der Waals surface area (Å²) in [6, 6.07) is 2.89. The zero-order valence-corrected chi connectivity index (χ0v) is 13.7. The molecule has 124 valence electrons. The van der Waals surface area contributed by atoms with Gasteiger partial charge in [-0.25, -0.2) is 4.79 Å². The van der Waals surface area contributed by atoms with Gasteiger partial charge in [0.2, 0.25) is 5.91 Å². The Morgan fingerprint density at radius 1 is 1.35 bits per heavy atom. The molecule has 0 saturated heterocycles. The molecule has 0 atom stereocenters. The maximum absolute atomic E-state index is 11.7. The highest BCUT2D eigenvalue weighted by Gasteiger charge is 2.14. The number of hydrogen-bond acceptors (Lipinski definition) is 7. The quantitative estimate of drug-likeness (QED) is 0.745. The maximum atomic E-state index is 11.7. The van der Waals surface area contributed by atoms with Gasteiger partial charge in [0, 0.05) is 6.54 Å². The van der Waals surface area contributed by atoms with Gasteiger partial charge in [-0.2, -0.15) is 0 Å². The summed E-state index contributed by atoms with van der Waals surface area (Å²) in [4.78, 5) is 23.1. The molecule has 9 heteroatoms. The van der Waals surface area contributed by atoms with Crippen LogP contribution >= 0.6 is 11.8 Å². The minimum absolute atomic E-state index is 0.00259. The number of furan rings is 1. The summed E-state index contributed by atoms with van der Waals surface area (Å²) in [6.45, 7) is 4.64. The fourth-order valence-electron chi connectivity index (χ4n) is 1.58. The first kappa shape index (κ1) is 17.1. The van der Waals surface area contributed by atoms with Crippen molar-refractivity contribution >= 4 is 23.7 Å². The molecule has 0 aliphatic heterocycles. The van der Waals surface area contributed by atoms with Crippen molar-refractivity contribution in [1.29, 1.82) is 0 Å². The van der Waals surface area contributed by atoms with E-state index in [1.54, 1.807) is 12.1 Å². The van der Waals surface area contributed by atoms with Gasteiger partial charge in [0.15, 0.2) is 5.76 Å². The van der Waals surface area contributed by atoms with Crippen LogP contribution in [0.2, 0.25) is 0 Å². The lowest BCUT2D eigenvalue weighted by molar-refractivity contribution is -0.117. The number of nitrogens with zero attached hydrogens (tertiary/aromatic N) is 2. The van der Waals surface area contributed by atoms with Crippen LogP contribution in [0.1, 0.15) is 20.3 Å². The number of carbonyl (C=O) groups excluding carboxylic acids is 2. The van der Waals surface area contributed by atoms with E-state index in [9.17, 15) is 9.59 Å². The molecule has 3 amide bonds. The zero-order valence-electron chi connectivity index (χ0n) is 12.9. The van der Waals surface area contributed by atoms with E-state index in [1.807, 2.05) is 0 Å². The summed E-state index contributed by atoms with van der Waals surface area (Å²) in [5.74, 6) is 0.747. The molecule has 0 spiro atoms. The number of carbonyl (C=O) groups is 2. The Morgan fingerprint density at radius 3 is 2.87 bits per heavy atom. The molecular formula is C14H18N4O4S. The third-order valence-corrected chi connectivity index (χ3v) is 3.54. The van der Waals surface area contributed by atoms with Crippen molar-refractivity contribution in [2.24, 2.45) is 5.92 Å². The molecule has 2 heterocycles. The molecule has 0 aliphatic rings. The Balaban J connectivity index is 1.71. The van der Waals surface area contributed by atoms with Gasteiger partial charge in [-0.3, -0.25) is 10.1 Å². The summed E-state index contributed by atoms with van der Waals surface area (Å²) in [5.41, 5.74) is 0. The largest absolute Gasteiger partial charge is 0.459 e. The van der Waals surface area contributed by atoms with Gasteiger partial charge in [0.25, 0.3) is 11.1 Å². The molecule has 0 aliphatic carbocycles. The van der Waals surface area contributed by atoms with Crippen molar-refractivity contribution in [2.45, 2.75) is 25.5 Å². The standard InChI is InChI=1S/C14H18N4O4S/c1-9(2)5-6-15-13(20)16-11(19)8-23-14-18-17-12(22-14)10-4-3-7-21-10/h3-4,7,9H,5-6,8H2,1-2H3,(H2,15,16,19,20). The Labute approximate surface area is 137 Å². The molecule has 2 N–H and O–H groups in total. The van der Waals surface area contributed by atoms with E-state index in [1.165, 1.54) is 6.26 Å². The molecule has 0 aromatic carbocycles. The van der Waals surface area contributed by atoms with Crippen LogP contribution in [-0.2, 0) is 4.79 Å². The van der Waals surface area contributed by atoms with E-state index in [-0.39, 0.29) is 16.9 Å². The van der Waals surface area contributed by atoms with E-state index in [0.29, 0.717) is 18.2 Å². The van der Waals surface area contributed by atoms with Crippen molar-refractivity contribution in [3.8, 4) is 11.7 Å². The van der Waals surface area contributed by atoms with Gasteiger partial charge in [0.05, 0.1) is 12.0 Å². The van der Waals surface area contributed by atoms with Gasteiger partial charge in [0.1, 0.15) is 0 Å². The third kappa shape index (κ3) is 5.78. The average Bonchev–Trinajstić information content (AvgIpc) is 3.15. The smallest absolute Gasteiger partial charge is 0.321 e. The van der Waals surface area contributed by atoms with Crippen molar-refractivity contribution in [2.75, 3.05) is 12.3 Å². The van der Waals surface area contributed by atoms with Gasteiger partial charge in [-0.05, 0) is 24.5 Å². The van der Waals surface area contributed by atoms with Crippen LogP contribution in [0.4, 0.5) is 4.79 Å². The van der Waals surface area contributed by atoms with E-state index in [0.717, 1.165) is 18.2 Å². The molecule has 0 radical (unpaired) electrons. The van der Waals surface area contributed by atoms with Crippen LogP contribution in [-0.4, -0.2) is 34.4 Å². The maximum Gasteiger partial charge on any atom is 0.321 e. The van der Waals surface area contributed by atoms with Crippen LogP contribution in [0.15, 0.2) is 32.5 Å². The topological polar surface area (TPSA) is 110 Å². The van der Waals surface area contributed by atoms with Gasteiger partial charge >= 0.3 is 6.03 Å². The predicted octanol–water partition coefficient (Wildman–Crippen LogP) is 2.29. The van der Waals surface area contributed by atoms with Crippen LogP contribution in [0, 0.1) is 5.92 Å². The minimum atomic E-state index is -0.502. The fourth-order valence-corrected chi connectivity index (χ4v) is 2.14. The van der Waals surface area contributed by atoms with Crippen molar-refractivity contribution in [1.82, 2.24) is 20.8 Å². The van der Waals surface area contributed by atoms with Gasteiger partial charge in [-0.15, -0.1) is 10.2 Å². The average molecular weight is 338 g/mol. The first-order valence-corrected chi connectivity index (χ1v) is 8.11. The third-order valence-electron chi connectivity index (χ3n) is 2.73. The first-order chi connectivity index (χ1) is 11.0. The number of aromatic nitrogens is 2. The fraction of sp³-hybridized carbons (Fsp3) is 0.429. The summed E-state index contributed by atoms with van der Waals surface area (Å²) >= 11 is 1.04. The second-order valence-electron chi connectivity index (χ2n) is 5.13. The lowest BCUT2D eigenvalue weighted by Gasteiger charge is -2.07. The van der Waals surface area contributed by atoms with Crippen LogP contribution in [0.5, 0.6) is 0 Å². The molecule has 0 bridgehead atoms. The molecule has 2 aromatic rings. The minimum Gasteiger partial charge on any atom is -0.459 e. The molecule has 0 saturated carbocycles. The number of imide groups is 1. The molecule has 0 unspecified atom stereocenters. The van der Waals surface area contributed by atoms with E-state index in [4.69, 9.17) is 8.83 Å². The Kier molecular flexibility index (Phi) is 6.21. The highest BCUT2D eigenvalue weighted by molar-refractivity contribution is 7.99. The number of nitrogens with one attached hydrogen (secondary N) is 2. The molecular weight excluding hydrogens is 320 g/mol. The number of hydrogen-bond donors (Lipinski definition) is 2. The molecule has 2 rings (SSSR count). The van der Waals surface area contributed by atoms with Crippen LogP contribution in [0.25, 0.3) is 11.7 Å². The Bertz CT molecular complexity index is 639.